The number of methoxy groups -OCH3 is 2. The van der Waals surface area contributed by atoms with Crippen molar-refractivity contribution in [3.63, 3.8) is 0 Å². The molecule has 0 aliphatic carbocycles. The molecular weight excluding hydrogens is 536 g/mol. The van der Waals surface area contributed by atoms with E-state index in [4.69, 9.17) is 14.2 Å². The Morgan fingerprint density at radius 2 is 1.62 bits per heavy atom. The number of thiazole rings is 1. The first-order valence-electron chi connectivity index (χ1n) is 12.5. The maximum absolute atomic E-state index is 11.8. The Balaban J connectivity index is 0.000000239. The molecule has 4 rings (SSSR count). The molecule has 0 aliphatic rings. The van der Waals surface area contributed by atoms with E-state index in [0.717, 1.165) is 33.9 Å². The summed E-state index contributed by atoms with van der Waals surface area (Å²) in [7, 11) is 1.86. The van der Waals surface area contributed by atoms with Crippen LogP contribution in [0.3, 0.4) is 0 Å². The second-order valence-electron chi connectivity index (χ2n) is 8.48. The minimum atomic E-state index is -3.25. The first-order valence-corrected chi connectivity index (χ1v) is 15.0. The zero-order chi connectivity index (χ0) is 28.4. The van der Waals surface area contributed by atoms with Crippen LogP contribution in [0.25, 0.3) is 10.2 Å². The number of aryl methyl sites for hydroxylation is 1. The van der Waals surface area contributed by atoms with Crippen molar-refractivity contribution in [3.8, 4) is 17.2 Å². The number of aromatic nitrogens is 1. The summed E-state index contributed by atoms with van der Waals surface area (Å²) in [5, 5.41) is 3.91. The molecule has 10 heteroatoms. The highest BCUT2D eigenvalue weighted by Gasteiger charge is 2.16. The third-order valence-corrected chi connectivity index (χ3v) is 8.69. The lowest BCUT2D eigenvalue weighted by molar-refractivity contribution is -0.113. The summed E-state index contributed by atoms with van der Waals surface area (Å²) in [6.45, 7) is 3.72. The lowest BCUT2D eigenvalue weighted by atomic mass is 10.1. The molecule has 208 valence electrons. The average Bonchev–Trinajstić information content (AvgIpc) is 3.38. The van der Waals surface area contributed by atoms with Crippen molar-refractivity contribution in [3.05, 3.63) is 71.8 Å². The number of carbonyl (C=O) groups is 1. The minimum Gasteiger partial charge on any atom is -0.493 e. The second kappa shape index (κ2) is 14.0. The lowest BCUT2D eigenvalue weighted by Crippen LogP contribution is -2.10. The summed E-state index contributed by atoms with van der Waals surface area (Å²) in [5.74, 6) is 2.09. The van der Waals surface area contributed by atoms with Gasteiger partial charge in [-0.25, -0.2) is 13.4 Å². The van der Waals surface area contributed by atoms with Gasteiger partial charge in [0.1, 0.15) is 5.75 Å². The Morgan fingerprint density at radius 3 is 2.15 bits per heavy atom. The van der Waals surface area contributed by atoms with Crippen molar-refractivity contribution >= 4 is 42.8 Å². The van der Waals surface area contributed by atoms with Gasteiger partial charge in [-0.05, 0) is 41.8 Å². The molecule has 0 spiro atoms. The van der Waals surface area contributed by atoms with Crippen LogP contribution in [-0.4, -0.2) is 46.7 Å². The van der Waals surface area contributed by atoms with Crippen LogP contribution >= 0.6 is 11.3 Å². The van der Waals surface area contributed by atoms with Gasteiger partial charge in [-0.3, -0.25) is 4.79 Å². The average molecular weight is 571 g/mol. The molecule has 3 aromatic carbocycles. The minimum absolute atomic E-state index is 0.0457. The summed E-state index contributed by atoms with van der Waals surface area (Å²) >= 11 is 1.59. The van der Waals surface area contributed by atoms with Crippen LogP contribution in [0.5, 0.6) is 17.2 Å². The van der Waals surface area contributed by atoms with Gasteiger partial charge >= 0.3 is 0 Å². The Bertz CT molecular complexity index is 1430. The fraction of sp³-hybridized carbons (Fsp3) is 0.310. The third kappa shape index (κ3) is 7.70. The molecule has 0 saturated heterocycles. The molecule has 8 nitrogen and oxygen atoms in total. The molecule has 1 heterocycles. The van der Waals surface area contributed by atoms with Crippen LogP contribution in [0.15, 0.2) is 65.6 Å². The van der Waals surface area contributed by atoms with Crippen LogP contribution in [-0.2, 0) is 21.1 Å². The van der Waals surface area contributed by atoms with Gasteiger partial charge in [-0.15, -0.1) is 0 Å². The van der Waals surface area contributed by atoms with Crippen LogP contribution in [0.1, 0.15) is 37.5 Å². The number of rotatable bonds is 11. The third-order valence-electron chi connectivity index (χ3n) is 5.90. The van der Waals surface area contributed by atoms with Gasteiger partial charge in [0.2, 0.25) is 0 Å². The normalized spacial score (nSPS) is 11.7. The van der Waals surface area contributed by atoms with E-state index in [9.17, 15) is 13.2 Å². The molecule has 1 unspecified atom stereocenters. The number of hydrogen-bond donors (Lipinski definition) is 1. The van der Waals surface area contributed by atoms with Crippen molar-refractivity contribution in [2.45, 2.75) is 37.7 Å². The predicted octanol–water partition coefficient (Wildman–Crippen LogP) is 6.11. The fourth-order valence-electron chi connectivity index (χ4n) is 3.74. The second-order valence-corrected chi connectivity index (χ2v) is 11.8. The highest BCUT2D eigenvalue weighted by molar-refractivity contribution is 7.91. The molecule has 4 aromatic rings. The topological polar surface area (TPSA) is 104 Å². The Labute approximate surface area is 233 Å². The quantitative estimate of drug-likeness (QED) is 0.216. The van der Waals surface area contributed by atoms with E-state index in [1.165, 1.54) is 17.7 Å². The molecule has 0 fully saturated rings. The van der Waals surface area contributed by atoms with Crippen molar-refractivity contribution in [2.75, 3.05) is 32.3 Å². The molecule has 0 aliphatic heterocycles. The van der Waals surface area contributed by atoms with Gasteiger partial charge in [0.25, 0.3) is 0 Å². The number of fused-ring (bicyclic) bond motifs is 1. The number of nitrogens with zero attached hydrogens (tertiary/aromatic N) is 1. The first-order chi connectivity index (χ1) is 18.8. The molecule has 0 amide bonds. The van der Waals surface area contributed by atoms with Crippen LogP contribution in [0.2, 0.25) is 0 Å². The van der Waals surface area contributed by atoms with Gasteiger partial charge < -0.3 is 19.5 Å². The summed E-state index contributed by atoms with van der Waals surface area (Å²) in [4.78, 5) is 16.0. The van der Waals surface area contributed by atoms with Crippen LogP contribution in [0, 0.1) is 0 Å². The largest absolute Gasteiger partial charge is 0.493 e. The Hall–Kier alpha value is -3.63. The van der Waals surface area contributed by atoms with Gasteiger partial charge in [0.15, 0.2) is 38.9 Å². The van der Waals surface area contributed by atoms with E-state index in [1.54, 1.807) is 44.6 Å². The summed E-state index contributed by atoms with van der Waals surface area (Å²) in [6.07, 6.45) is 2.03. The summed E-state index contributed by atoms with van der Waals surface area (Å²) < 4.78 is 40.9. The molecule has 1 N–H and O–H groups in total. The molecule has 0 radical (unpaired) electrons. The maximum atomic E-state index is 11.8. The van der Waals surface area contributed by atoms with Crippen LogP contribution < -0.4 is 19.5 Å². The number of carbonyl (C=O) groups excluding carboxylic acids is 1. The van der Waals surface area contributed by atoms with E-state index in [2.05, 4.69) is 17.2 Å². The van der Waals surface area contributed by atoms with Crippen LogP contribution in [0.4, 0.5) is 5.13 Å². The van der Waals surface area contributed by atoms with Crippen molar-refractivity contribution in [1.82, 2.24) is 4.98 Å². The van der Waals surface area contributed by atoms with E-state index in [1.807, 2.05) is 43.4 Å². The number of aldehydes is 1. The zero-order valence-electron chi connectivity index (χ0n) is 22.8. The number of ether oxygens (including phenoxy) is 3. The van der Waals surface area contributed by atoms with E-state index in [0.29, 0.717) is 23.3 Å². The van der Waals surface area contributed by atoms with Crippen molar-refractivity contribution in [1.29, 1.82) is 0 Å². The highest BCUT2D eigenvalue weighted by atomic mass is 32.2. The van der Waals surface area contributed by atoms with Gasteiger partial charge in [-0.1, -0.05) is 55.9 Å². The summed E-state index contributed by atoms with van der Waals surface area (Å²) in [5.41, 5.74) is 2.77. The number of sulfone groups is 1. The zero-order valence-corrected chi connectivity index (χ0v) is 24.4. The summed E-state index contributed by atoms with van der Waals surface area (Å²) in [6, 6.07) is 17.7. The Morgan fingerprint density at radius 1 is 0.974 bits per heavy atom. The predicted molar refractivity (Wildman–Crippen MR) is 156 cm³/mol. The molecular formula is C29H34N2O6S2. The maximum Gasteiger partial charge on any atom is 0.183 e. The first kappa shape index (κ1) is 29.9. The van der Waals surface area contributed by atoms with E-state index >= 15 is 0 Å². The molecule has 39 heavy (non-hydrogen) atoms. The number of benzene rings is 3. The standard InChI is InChI=1S/C19H22O4S.C10H12N2O2S/c1-3-5-15-6-10-17(11-7-15)23-19(14-20)16-8-12-18(13-9-16)24(21,22)4-2;1-11-10-12-6-4-7(13-2)8(14-3)5-9(6)15-10/h6-14,19H,3-5H2,1-2H3;4-5H,1-3H3,(H,11,12). The van der Waals surface area contributed by atoms with Gasteiger partial charge in [0.05, 0.1) is 35.1 Å². The van der Waals surface area contributed by atoms with E-state index < -0.39 is 15.9 Å². The Kier molecular flexibility index (Phi) is 10.7. The molecule has 1 aromatic heterocycles. The molecule has 0 bridgehead atoms. The SMILES string of the molecule is CCCc1ccc(OC(C=O)c2ccc(S(=O)(=O)CC)cc2)cc1.CNc1nc2cc(OC)c(OC)cc2s1. The fourth-order valence-corrected chi connectivity index (χ4v) is 5.45. The monoisotopic (exact) mass is 570 g/mol. The number of anilines is 1. The highest BCUT2D eigenvalue weighted by Crippen LogP contribution is 2.35. The molecule has 1 atom stereocenters. The van der Waals surface area contributed by atoms with Crippen molar-refractivity contribution in [2.24, 2.45) is 0 Å². The number of hydrogen-bond acceptors (Lipinski definition) is 9. The molecule has 0 saturated carbocycles. The van der Waals surface area contributed by atoms with Gasteiger partial charge in [0, 0.05) is 19.2 Å². The lowest BCUT2D eigenvalue weighted by Gasteiger charge is -2.15. The van der Waals surface area contributed by atoms with Crippen molar-refractivity contribution < 1.29 is 27.4 Å². The van der Waals surface area contributed by atoms with E-state index in [-0.39, 0.29) is 10.6 Å². The number of nitrogens with one attached hydrogen (secondary N) is 1. The smallest absolute Gasteiger partial charge is 0.183 e. The van der Waals surface area contributed by atoms with Gasteiger partial charge in [-0.2, -0.15) is 0 Å².